The normalized spacial score (nSPS) is 18.6. The highest BCUT2D eigenvalue weighted by Crippen LogP contribution is 2.49. The summed E-state index contributed by atoms with van der Waals surface area (Å²) in [7, 11) is 0. The van der Waals surface area contributed by atoms with Crippen LogP contribution in [0.2, 0.25) is 0 Å². The van der Waals surface area contributed by atoms with Gasteiger partial charge in [-0.25, -0.2) is 4.39 Å². The van der Waals surface area contributed by atoms with Crippen LogP contribution in [0.25, 0.3) is 0 Å². The number of hydrogen-bond donors (Lipinski definition) is 1. The molecule has 2 fully saturated rings. The molecule has 0 unspecified atom stereocenters. The molecule has 2 heterocycles. The quantitative estimate of drug-likeness (QED) is 0.622. The van der Waals surface area contributed by atoms with Crippen LogP contribution in [-0.4, -0.2) is 60.9 Å². The zero-order chi connectivity index (χ0) is 20.3. The predicted octanol–water partition coefficient (Wildman–Crippen LogP) is 2.87. The molecular formula is C22H27FN4O2. The van der Waals surface area contributed by atoms with Gasteiger partial charge in [0, 0.05) is 38.1 Å². The Labute approximate surface area is 170 Å². The molecule has 4 rings (SSSR count). The third kappa shape index (κ3) is 4.13. The number of nitrogens with one attached hydrogen (secondary N) is 1. The second-order valence-corrected chi connectivity index (χ2v) is 7.69. The smallest absolute Gasteiger partial charge is 0.289 e. The van der Waals surface area contributed by atoms with E-state index in [9.17, 15) is 9.18 Å². The Morgan fingerprint density at radius 2 is 1.86 bits per heavy atom. The molecule has 154 valence electrons. The average Bonchev–Trinajstić information content (AvgIpc) is 3.32. The Balaban J connectivity index is 1.41. The average molecular weight is 398 g/mol. The molecule has 1 amide bonds. The number of carbonyl (C=O) groups is 1. The SMILES string of the molecule is CCNC(=NCC1(c2ccccc2F)CC1)N1CCN(C(=O)c2ccco2)CC1. The van der Waals surface area contributed by atoms with E-state index in [-0.39, 0.29) is 17.1 Å². The van der Waals surface area contributed by atoms with Crippen LogP contribution >= 0.6 is 0 Å². The van der Waals surface area contributed by atoms with Gasteiger partial charge in [0.15, 0.2) is 11.7 Å². The first-order valence-corrected chi connectivity index (χ1v) is 10.2. The van der Waals surface area contributed by atoms with Crippen molar-refractivity contribution >= 4 is 11.9 Å². The lowest BCUT2D eigenvalue weighted by molar-refractivity contribution is 0.0657. The number of benzene rings is 1. The fourth-order valence-electron chi connectivity index (χ4n) is 3.88. The summed E-state index contributed by atoms with van der Waals surface area (Å²) >= 11 is 0. The van der Waals surface area contributed by atoms with Gasteiger partial charge in [-0.05, 0) is 43.5 Å². The van der Waals surface area contributed by atoms with Gasteiger partial charge in [-0.3, -0.25) is 9.79 Å². The Kier molecular flexibility index (Phi) is 5.56. The lowest BCUT2D eigenvalue weighted by atomic mass is 9.95. The summed E-state index contributed by atoms with van der Waals surface area (Å²) in [4.78, 5) is 21.3. The molecule has 0 atom stereocenters. The zero-order valence-electron chi connectivity index (χ0n) is 16.7. The maximum atomic E-state index is 14.3. The molecule has 1 aliphatic carbocycles. The van der Waals surface area contributed by atoms with E-state index in [2.05, 4.69) is 10.2 Å². The van der Waals surface area contributed by atoms with E-state index in [1.54, 1.807) is 23.1 Å². The highest BCUT2D eigenvalue weighted by atomic mass is 19.1. The maximum Gasteiger partial charge on any atom is 0.289 e. The number of furan rings is 1. The molecule has 1 aromatic carbocycles. The number of carbonyl (C=O) groups excluding carboxylic acids is 1. The molecule has 1 saturated carbocycles. The topological polar surface area (TPSA) is 61.1 Å². The molecule has 29 heavy (non-hydrogen) atoms. The molecule has 6 nitrogen and oxygen atoms in total. The molecule has 2 aromatic rings. The minimum Gasteiger partial charge on any atom is -0.459 e. The molecular weight excluding hydrogens is 371 g/mol. The Morgan fingerprint density at radius 1 is 1.14 bits per heavy atom. The van der Waals surface area contributed by atoms with Gasteiger partial charge in [0.2, 0.25) is 0 Å². The second kappa shape index (κ2) is 8.27. The standard InChI is InChI=1S/C22H27FN4O2/c1-2-24-21(25-16-22(9-10-22)17-6-3-4-7-18(17)23)27-13-11-26(12-14-27)20(28)19-8-5-15-29-19/h3-8,15H,2,9-14,16H2,1H3,(H,24,25). The molecule has 1 N–H and O–H groups in total. The lowest BCUT2D eigenvalue weighted by Crippen LogP contribution is -2.53. The fraction of sp³-hybridized carbons (Fsp3) is 0.455. The summed E-state index contributed by atoms with van der Waals surface area (Å²) < 4.78 is 19.5. The van der Waals surface area contributed by atoms with Gasteiger partial charge < -0.3 is 19.5 Å². The molecule has 1 saturated heterocycles. The van der Waals surface area contributed by atoms with Crippen molar-refractivity contribution in [2.75, 3.05) is 39.3 Å². The van der Waals surface area contributed by atoms with Crippen molar-refractivity contribution in [2.24, 2.45) is 4.99 Å². The van der Waals surface area contributed by atoms with Crippen molar-refractivity contribution < 1.29 is 13.6 Å². The van der Waals surface area contributed by atoms with Crippen LogP contribution in [0, 0.1) is 5.82 Å². The number of halogens is 1. The summed E-state index contributed by atoms with van der Waals surface area (Å²) in [5.41, 5.74) is 0.594. The minimum atomic E-state index is -0.177. The number of amides is 1. The van der Waals surface area contributed by atoms with Crippen LogP contribution in [0.1, 0.15) is 35.9 Å². The number of rotatable bonds is 5. The van der Waals surface area contributed by atoms with Gasteiger partial charge >= 0.3 is 0 Å². The molecule has 7 heteroatoms. The highest BCUT2D eigenvalue weighted by molar-refractivity contribution is 5.91. The lowest BCUT2D eigenvalue weighted by Gasteiger charge is -2.36. The van der Waals surface area contributed by atoms with Crippen LogP contribution in [0.15, 0.2) is 52.1 Å². The predicted molar refractivity (Wildman–Crippen MR) is 109 cm³/mol. The first-order valence-electron chi connectivity index (χ1n) is 10.2. The van der Waals surface area contributed by atoms with Crippen LogP contribution in [0.4, 0.5) is 4.39 Å². The van der Waals surface area contributed by atoms with Gasteiger partial charge in [-0.15, -0.1) is 0 Å². The van der Waals surface area contributed by atoms with E-state index in [4.69, 9.17) is 9.41 Å². The van der Waals surface area contributed by atoms with E-state index >= 15 is 0 Å². The number of piperazine rings is 1. The molecule has 2 aliphatic rings. The summed E-state index contributed by atoms with van der Waals surface area (Å²) in [5.74, 6) is 0.989. The highest BCUT2D eigenvalue weighted by Gasteiger charge is 2.46. The zero-order valence-corrected chi connectivity index (χ0v) is 16.7. The van der Waals surface area contributed by atoms with Crippen molar-refractivity contribution in [2.45, 2.75) is 25.2 Å². The second-order valence-electron chi connectivity index (χ2n) is 7.69. The number of hydrogen-bond acceptors (Lipinski definition) is 3. The van der Waals surface area contributed by atoms with E-state index < -0.39 is 0 Å². The summed E-state index contributed by atoms with van der Waals surface area (Å²) in [5, 5.41) is 3.35. The van der Waals surface area contributed by atoms with Crippen LogP contribution in [-0.2, 0) is 5.41 Å². The van der Waals surface area contributed by atoms with Gasteiger partial charge in [0.05, 0.1) is 12.8 Å². The minimum absolute atomic E-state index is 0.0759. The third-order valence-electron chi connectivity index (χ3n) is 5.76. The van der Waals surface area contributed by atoms with E-state index in [1.165, 1.54) is 12.3 Å². The van der Waals surface area contributed by atoms with E-state index in [0.717, 1.165) is 30.9 Å². The van der Waals surface area contributed by atoms with E-state index in [0.29, 0.717) is 38.5 Å². The van der Waals surface area contributed by atoms with Crippen LogP contribution < -0.4 is 5.32 Å². The number of aliphatic imine (C=N–C) groups is 1. The summed E-state index contributed by atoms with van der Waals surface area (Å²) in [6, 6.07) is 10.4. The Hall–Kier alpha value is -2.83. The molecule has 0 spiro atoms. The first-order chi connectivity index (χ1) is 14.1. The van der Waals surface area contributed by atoms with Crippen molar-refractivity contribution in [3.63, 3.8) is 0 Å². The van der Waals surface area contributed by atoms with Gasteiger partial charge in [0.1, 0.15) is 5.82 Å². The van der Waals surface area contributed by atoms with E-state index in [1.807, 2.05) is 19.1 Å². The number of guanidine groups is 1. The fourth-order valence-corrected chi connectivity index (χ4v) is 3.88. The first kappa shape index (κ1) is 19.5. The molecule has 0 radical (unpaired) electrons. The van der Waals surface area contributed by atoms with Gasteiger partial charge in [-0.1, -0.05) is 18.2 Å². The van der Waals surface area contributed by atoms with Crippen molar-refractivity contribution in [3.8, 4) is 0 Å². The monoisotopic (exact) mass is 398 g/mol. The van der Waals surface area contributed by atoms with Crippen molar-refractivity contribution in [3.05, 3.63) is 59.8 Å². The molecule has 1 aliphatic heterocycles. The summed E-state index contributed by atoms with van der Waals surface area (Å²) in [6.45, 7) is 6.00. The largest absolute Gasteiger partial charge is 0.459 e. The summed E-state index contributed by atoms with van der Waals surface area (Å²) in [6.07, 6.45) is 3.44. The molecule has 0 bridgehead atoms. The van der Waals surface area contributed by atoms with Crippen LogP contribution in [0.5, 0.6) is 0 Å². The van der Waals surface area contributed by atoms with Gasteiger partial charge in [-0.2, -0.15) is 0 Å². The van der Waals surface area contributed by atoms with Gasteiger partial charge in [0.25, 0.3) is 5.91 Å². The Bertz CT molecular complexity index is 869. The Morgan fingerprint density at radius 3 is 2.48 bits per heavy atom. The molecule has 1 aromatic heterocycles. The van der Waals surface area contributed by atoms with Crippen LogP contribution in [0.3, 0.4) is 0 Å². The van der Waals surface area contributed by atoms with Crippen molar-refractivity contribution in [1.82, 2.24) is 15.1 Å². The van der Waals surface area contributed by atoms with Crippen molar-refractivity contribution in [1.29, 1.82) is 0 Å². The number of nitrogens with zero attached hydrogens (tertiary/aromatic N) is 3. The third-order valence-corrected chi connectivity index (χ3v) is 5.76. The maximum absolute atomic E-state index is 14.3.